The van der Waals surface area contributed by atoms with E-state index < -0.39 is 38.5 Å². The number of hydrogen-bond donors (Lipinski definition) is 1. The second-order valence-electron chi connectivity index (χ2n) is 14.9. The van der Waals surface area contributed by atoms with Crippen molar-refractivity contribution in [1.29, 1.82) is 0 Å². The van der Waals surface area contributed by atoms with Gasteiger partial charge >= 0.3 is 7.82 Å². The zero-order valence-corrected chi connectivity index (χ0v) is 37.4. The molecule has 1 amide bonds. The van der Waals surface area contributed by atoms with E-state index in [0.717, 1.165) is 51.4 Å². The van der Waals surface area contributed by atoms with Crippen LogP contribution in [0.15, 0.2) is 49.8 Å². The van der Waals surface area contributed by atoms with Crippen LogP contribution in [0, 0.1) is 0 Å². The molecule has 1 heterocycles. The molecule has 1 aliphatic heterocycles. The number of allylic oxidation sites excluding steroid dienone is 3. The molecule has 1 rings (SSSR count). The minimum atomic E-state index is -4.20. The molecule has 1 aliphatic rings. The van der Waals surface area contributed by atoms with E-state index >= 15 is 0 Å². The maximum atomic E-state index is 14.0. The monoisotopic (exact) mass is 828 g/mol. The molecule has 57 heavy (non-hydrogen) atoms. The summed E-state index contributed by atoms with van der Waals surface area (Å²) >= 11 is 0. The van der Waals surface area contributed by atoms with Gasteiger partial charge < -0.3 is 29.0 Å². The predicted molar refractivity (Wildman–Crippen MR) is 231 cm³/mol. The Balaban J connectivity index is 3.04. The van der Waals surface area contributed by atoms with E-state index in [4.69, 9.17) is 37.3 Å². The number of hydrogen-bond acceptors (Lipinski definition) is 10. The SMILES string of the molecule is C=CCOP(=O)(OCC=C)O[C@H]1[C@H](OCC[C@@H](CCCCCCC)OC)[C@@H](NC(=O)CCCCCCCCC/C=C\CCCCCC)C(O/C=C\C)O[C@@H]1COC. The van der Waals surface area contributed by atoms with Crippen LogP contribution in [0.5, 0.6) is 0 Å². The molecule has 332 valence electrons. The van der Waals surface area contributed by atoms with Gasteiger partial charge in [0.15, 0.2) is 0 Å². The number of nitrogens with one attached hydrogen (secondary N) is 1. The first-order chi connectivity index (χ1) is 27.8. The Bertz CT molecular complexity index is 1090. The molecule has 6 atom stereocenters. The Morgan fingerprint density at radius 1 is 0.789 bits per heavy atom. The summed E-state index contributed by atoms with van der Waals surface area (Å²) in [5.74, 6) is -0.160. The first-order valence-corrected chi connectivity index (χ1v) is 23.6. The highest BCUT2D eigenvalue weighted by molar-refractivity contribution is 7.48. The van der Waals surface area contributed by atoms with Crippen LogP contribution < -0.4 is 5.32 Å². The smallest absolute Gasteiger partial charge is 0.471 e. The van der Waals surface area contributed by atoms with Crippen molar-refractivity contribution in [1.82, 2.24) is 5.32 Å². The van der Waals surface area contributed by atoms with E-state index in [1.165, 1.54) is 96.2 Å². The quantitative estimate of drug-likeness (QED) is 0.0277. The van der Waals surface area contributed by atoms with E-state index in [1.807, 2.05) is 6.92 Å². The van der Waals surface area contributed by atoms with E-state index in [2.05, 4.69) is 44.5 Å². The minimum absolute atomic E-state index is 0.0105. The molecule has 12 heteroatoms. The molecular formula is C45H82NO10P. The number of phosphoric acid groups is 1. The summed E-state index contributed by atoms with van der Waals surface area (Å²) in [6, 6.07) is -0.834. The number of unbranched alkanes of at least 4 members (excludes halogenated alkanes) is 15. The highest BCUT2D eigenvalue weighted by Gasteiger charge is 2.52. The summed E-state index contributed by atoms with van der Waals surface area (Å²) in [7, 11) is -0.950. The van der Waals surface area contributed by atoms with Crippen LogP contribution in [0.1, 0.15) is 156 Å². The third kappa shape index (κ3) is 25.4. The number of phosphoric ester groups is 1. The van der Waals surface area contributed by atoms with E-state index in [-0.39, 0.29) is 38.4 Å². The molecule has 1 fully saturated rings. The molecule has 0 aromatic carbocycles. The number of carbonyl (C=O) groups excluding carboxylic acids is 1. The molecule has 0 radical (unpaired) electrons. The summed E-state index contributed by atoms with van der Waals surface area (Å²) < 4.78 is 61.8. The van der Waals surface area contributed by atoms with Crippen LogP contribution in [-0.4, -0.2) is 83.3 Å². The van der Waals surface area contributed by atoms with Crippen molar-refractivity contribution < 1.29 is 46.6 Å². The molecule has 1 unspecified atom stereocenters. The van der Waals surface area contributed by atoms with Gasteiger partial charge in [-0.1, -0.05) is 128 Å². The average Bonchev–Trinajstić information content (AvgIpc) is 3.21. The highest BCUT2D eigenvalue weighted by atomic mass is 31.2. The van der Waals surface area contributed by atoms with Gasteiger partial charge in [-0.15, -0.1) is 13.2 Å². The van der Waals surface area contributed by atoms with Crippen molar-refractivity contribution in [2.24, 2.45) is 0 Å². The lowest BCUT2D eigenvalue weighted by Gasteiger charge is -2.46. The van der Waals surface area contributed by atoms with Crippen LogP contribution in [0.3, 0.4) is 0 Å². The highest BCUT2D eigenvalue weighted by Crippen LogP contribution is 2.52. The van der Waals surface area contributed by atoms with Crippen LogP contribution in [-0.2, 0) is 46.6 Å². The second kappa shape index (κ2) is 36.1. The van der Waals surface area contributed by atoms with Crippen molar-refractivity contribution in [3.63, 3.8) is 0 Å². The Hall–Kier alpha value is -1.82. The Kier molecular flexibility index (Phi) is 33.7. The zero-order chi connectivity index (χ0) is 41.8. The maximum absolute atomic E-state index is 14.0. The molecule has 0 aromatic heterocycles. The van der Waals surface area contributed by atoms with Crippen LogP contribution in [0.25, 0.3) is 0 Å². The fraction of sp³-hybridized carbons (Fsp3) is 0.800. The van der Waals surface area contributed by atoms with Gasteiger partial charge in [0.05, 0.1) is 32.2 Å². The van der Waals surface area contributed by atoms with Gasteiger partial charge in [0.2, 0.25) is 12.2 Å². The van der Waals surface area contributed by atoms with Gasteiger partial charge in [-0.3, -0.25) is 18.4 Å². The second-order valence-corrected chi connectivity index (χ2v) is 16.5. The Labute approximate surface area is 347 Å². The molecule has 0 bridgehead atoms. The summed E-state index contributed by atoms with van der Waals surface area (Å²) in [5.41, 5.74) is 0. The molecule has 11 nitrogen and oxygen atoms in total. The van der Waals surface area contributed by atoms with Crippen molar-refractivity contribution in [2.45, 2.75) is 192 Å². The fourth-order valence-electron chi connectivity index (χ4n) is 6.79. The lowest BCUT2D eigenvalue weighted by atomic mass is 9.96. The molecule has 0 spiro atoms. The van der Waals surface area contributed by atoms with Crippen LogP contribution in [0.2, 0.25) is 0 Å². The van der Waals surface area contributed by atoms with Crippen molar-refractivity contribution in [3.8, 4) is 0 Å². The Morgan fingerprint density at radius 3 is 1.95 bits per heavy atom. The lowest BCUT2D eigenvalue weighted by molar-refractivity contribution is -0.262. The van der Waals surface area contributed by atoms with Gasteiger partial charge in [0.25, 0.3) is 0 Å². The largest absolute Gasteiger partial charge is 0.475 e. The predicted octanol–water partition coefficient (Wildman–Crippen LogP) is 11.5. The number of carbonyl (C=O) groups is 1. The maximum Gasteiger partial charge on any atom is 0.475 e. The fourth-order valence-corrected chi connectivity index (χ4v) is 8.12. The molecule has 0 saturated carbocycles. The Morgan fingerprint density at radius 2 is 1.37 bits per heavy atom. The topological polar surface area (TPSA) is 120 Å². The van der Waals surface area contributed by atoms with Crippen LogP contribution in [0.4, 0.5) is 0 Å². The third-order valence-electron chi connectivity index (χ3n) is 9.98. The van der Waals surface area contributed by atoms with Crippen molar-refractivity contribution in [3.05, 3.63) is 49.8 Å². The normalized spacial score (nSPS) is 20.6. The summed E-state index contributed by atoms with van der Waals surface area (Å²) in [6.07, 6.45) is 30.1. The summed E-state index contributed by atoms with van der Waals surface area (Å²) in [4.78, 5) is 13.6. The van der Waals surface area contributed by atoms with E-state index in [0.29, 0.717) is 12.8 Å². The van der Waals surface area contributed by atoms with Gasteiger partial charge in [-0.05, 0) is 51.9 Å². The van der Waals surface area contributed by atoms with Gasteiger partial charge in [-0.2, -0.15) is 0 Å². The average molecular weight is 828 g/mol. The van der Waals surface area contributed by atoms with Crippen LogP contribution >= 0.6 is 7.82 Å². The third-order valence-corrected chi connectivity index (χ3v) is 11.4. The molecule has 0 aromatic rings. The number of ether oxygens (including phenoxy) is 5. The number of methoxy groups -OCH3 is 2. The molecule has 1 N–H and O–H groups in total. The molecule has 1 saturated heterocycles. The van der Waals surface area contributed by atoms with Crippen molar-refractivity contribution >= 4 is 13.7 Å². The number of rotatable bonds is 39. The molecule has 0 aliphatic carbocycles. The summed E-state index contributed by atoms with van der Waals surface area (Å²) in [5, 5.41) is 3.14. The first kappa shape index (κ1) is 53.2. The van der Waals surface area contributed by atoms with Gasteiger partial charge in [0.1, 0.15) is 24.4 Å². The van der Waals surface area contributed by atoms with Gasteiger partial charge in [-0.25, -0.2) is 4.57 Å². The van der Waals surface area contributed by atoms with Gasteiger partial charge in [0, 0.05) is 27.2 Å². The minimum Gasteiger partial charge on any atom is -0.471 e. The molecular weight excluding hydrogens is 745 g/mol. The summed E-state index contributed by atoms with van der Waals surface area (Å²) in [6.45, 7) is 13.8. The van der Waals surface area contributed by atoms with Crippen molar-refractivity contribution in [2.75, 3.05) is 40.6 Å². The lowest BCUT2D eigenvalue weighted by Crippen LogP contribution is -2.66. The van der Waals surface area contributed by atoms with E-state index in [1.54, 1.807) is 13.2 Å². The zero-order valence-electron chi connectivity index (χ0n) is 36.5. The van der Waals surface area contributed by atoms with E-state index in [9.17, 15) is 9.36 Å². The number of amides is 1. The standard InChI is InChI=1S/C45H82NO10P/c1-8-13-15-17-18-19-20-21-22-23-24-25-26-28-30-32-41(47)46-42-44(51-37-33-39(50-7)31-29-27-16-14-9-2)43(40(38-49-6)55-45(42)52-34-10-3)56-57(48,53-35-11-4)54-36-12-5/h10-12,19-20,34,39-40,42-45H,4-5,8-9,13-18,21-33,35-38H2,1-3,6-7H3,(H,46,47)/b20-19-,34-10-/t39-,40-,42-,43-,44-,45?/m1/s1. The first-order valence-electron chi connectivity index (χ1n) is 22.1.